The second kappa shape index (κ2) is 11.9. The van der Waals surface area contributed by atoms with Crippen LogP contribution in [0.1, 0.15) is 35.2 Å². The molecular weight excluding hydrogens is 478 g/mol. The number of hydrogen-bond donors (Lipinski definition) is 6. The van der Waals surface area contributed by atoms with Crippen LogP contribution in [-0.4, -0.2) is 64.5 Å². The number of alkyl carbamates (subject to hydrolysis) is 1. The van der Waals surface area contributed by atoms with E-state index < -0.39 is 23.6 Å². The molecule has 37 heavy (non-hydrogen) atoms. The van der Waals surface area contributed by atoms with Gasteiger partial charge in [0, 0.05) is 24.9 Å². The first kappa shape index (κ1) is 25.5. The molecule has 1 aliphatic rings. The number of guanidine groups is 1. The Morgan fingerprint density at radius 3 is 2.65 bits per heavy atom. The van der Waals surface area contributed by atoms with Crippen LogP contribution >= 0.6 is 0 Å². The van der Waals surface area contributed by atoms with Crippen LogP contribution in [0.15, 0.2) is 59.7 Å². The normalized spacial score (nSPS) is 14.2. The van der Waals surface area contributed by atoms with E-state index in [9.17, 15) is 19.5 Å². The number of para-hydroxylation sites is 1. The molecule has 0 spiro atoms. The van der Waals surface area contributed by atoms with Gasteiger partial charge in [-0.3, -0.25) is 20.2 Å². The van der Waals surface area contributed by atoms with Gasteiger partial charge >= 0.3 is 12.1 Å². The van der Waals surface area contributed by atoms with Gasteiger partial charge in [0.15, 0.2) is 5.96 Å². The molecule has 1 atom stereocenters. The van der Waals surface area contributed by atoms with Gasteiger partial charge in [0.05, 0.1) is 23.8 Å². The summed E-state index contributed by atoms with van der Waals surface area (Å²) < 4.78 is 5.26. The number of ether oxygens (including phenoxy) is 1. The van der Waals surface area contributed by atoms with Crippen molar-refractivity contribution in [3.8, 4) is 0 Å². The number of unbranched alkanes of at least 4 members (excludes halogenated alkanes) is 1. The number of carbonyl (C=O) groups is 3. The molecule has 4 rings (SSSR count). The molecule has 194 valence electrons. The number of aliphatic carboxylic acids is 1. The number of aromatic amines is 1. The fourth-order valence-electron chi connectivity index (χ4n) is 3.96. The number of nitrogens with zero attached hydrogens (tertiary/aromatic N) is 2. The standard InChI is InChI=1S/C25H29N7O5/c33-21(19-10-6-9-18-15-29-32-20(18)19)30-25(22(34)35,11-4-5-12-26-23-27-13-14-28-23)31-24(36)37-16-17-7-2-1-3-8-17/h1-3,6-10,15H,4-5,11-14,16H2,(H,29,32)(H,30,33)(H,31,36)(H,34,35)(H2,26,27,28). The number of carbonyl (C=O) groups excluding carboxylic acids is 2. The zero-order valence-electron chi connectivity index (χ0n) is 20.1. The lowest BCUT2D eigenvalue weighted by Crippen LogP contribution is -2.65. The molecule has 12 nitrogen and oxygen atoms in total. The number of nitrogens with one attached hydrogen (secondary N) is 5. The third-order valence-corrected chi connectivity index (χ3v) is 5.89. The summed E-state index contributed by atoms with van der Waals surface area (Å²) in [5.41, 5.74) is -0.703. The van der Waals surface area contributed by atoms with Gasteiger partial charge < -0.3 is 25.8 Å². The Balaban J connectivity index is 1.47. The highest BCUT2D eigenvalue weighted by atomic mass is 16.5. The quantitative estimate of drug-likeness (QED) is 0.168. The lowest BCUT2D eigenvalue weighted by molar-refractivity contribution is -0.146. The number of amides is 2. The van der Waals surface area contributed by atoms with Crippen molar-refractivity contribution >= 4 is 34.8 Å². The summed E-state index contributed by atoms with van der Waals surface area (Å²) in [4.78, 5) is 42.7. The molecule has 3 aromatic rings. The van der Waals surface area contributed by atoms with Gasteiger partial charge in [-0.1, -0.05) is 42.5 Å². The van der Waals surface area contributed by atoms with Crippen LogP contribution < -0.4 is 21.3 Å². The third kappa shape index (κ3) is 6.54. The van der Waals surface area contributed by atoms with Gasteiger partial charge in [0.25, 0.3) is 5.91 Å². The smallest absolute Gasteiger partial charge is 0.409 e. The first-order valence-corrected chi connectivity index (χ1v) is 12.0. The minimum absolute atomic E-state index is 0.0528. The lowest BCUT2D eigenvalue weighted by atomic mass is 10.0. The van der Waals surface area contributed by atoms with E-state index in [1.807, 2.05) is 6.07 Å². The van der Waals surface area contributed by atoms with Crippen LogP contribution in [0.25, 0.3) is 10.9 Å². The van der Waals surface area contributed by atoms with Crippen molar-refractivity contribution in [1.82, 2.24) is 31.5 Å². The van der Waals surface area contributed by atoms with Crippen molar-refractivity contribution in [3.05, 3.63) is 65.9 Å². The average molecular weight is 508 g/mol. The van der Waals surface area contributed by atoms with Crippen molar-refractivity contribution in [1.29, 1.82) is 0 Å². The predicted octanol–water partition coefficient (Wildman–Crippen LogP) is 1.72. The third-order valence-electron chi connectivity index (χ3n) is 5.89. The molecule has 2 heterocycles. The maximum absolute atomic E-state index is 13.2. The topological polar surface area (TPSA) is 170 Å². The molecule has 2 aromatic carbocycles. The lowest BCUT2D eigenvalue weighted by Gasteiger charge is -2.31. The first-order chi connectivity index (χ1) is 18.0. The maximum Gasteiger partial charge on any atom is 0.409 e. The van der Waals surface area contributed by atoms with Gasteiger partial charge in [-0.05, 0) is 24.5 Å². The van der Waals surface area contributed by atoms with E-state index >= 15 is 0 Å². The molecule has 1 aromatic heterocycles. The highest BCUT2D eigenvalue weighted by Gasteiger charge is 2.42. The fraction of sp³-hybridized carbons (Fsp3) is 0.320. The number of aliphatic imine (C=N–C) groups is 1. The molecule has 12 heteroatoms. The molecule has 0 saturated heterocycles. The number of fused-ring (bicyclic) bond motifs is 1. The highest BCUT2D eigenvalue weighted by Crippen LogP contribution is 2.19. The van der Waals surface area contributed by atoms with Crippen molar-refractivity contribution in [2.24, 2.45) is 4.99 Å². The summed E-state index contributed by atoms with van der Waals surface area (Å²) in [6.07, 6.45) is 1.47. The molecule has 0 bridgehead atoms. The van der Waals surface area contributed by atoms with Gasteiger partial charge in [0.1, 0.15) is 6.61 Å². The fourth-order valence-corrected chi connectivity index (χ4v) is 3.96. The van der Waals surface area contributed by atoms with Crippen LogP contribution in [0, 0.1) is 0 Å². The Morgan fingerprint density at radius 1 is 1.05 bits per heavy atom. The van der Waals surface area contributed by atoms with Gasteiger partial charge in [-0.25, -0.2) is 9.59 Å². The number of H-pyrrole nitrogens is 1. The molecule has 2 amide bonds. The number of carboxylic acids is 1. The van der Waals surface area contributed by atoms with E-state index in [0.717, 1.165) is 12.1 Å². The van der Waals surface area contributed by atoms with E-state index in [-0.39, 0.29) is 18.6 Å². The van der Waals surface area contributed by atoms with E-state index in [2.05, 4.69) is 36.5 Å². The Labute approximate surface area is 212 Å². The van der Waals surface area contributed by atoms with Crippen LogP contribution in [0.5, 0.6) is 0 Å². The number of hydrogen-bond acceptors (Lipinski definition) is 8. The Hall–Kier alpha value is -4.61. The van der Waals surface area contributed by atoms with Crippen LogP contribution in [0.2, 0.25) is 0 Å². The molecule has 0 aliphatic carbocycles. The van der Waals surface area contributed by atoms with Crippen LogP contribution in [0.4, 0.5) is 4.79 Å². The molecule has 0 radical (unpaired) electrons. The molecule has 0 saturated carbocycles. The molecule has 1 aliphatic heterocycles. The summed E-state index contributed by atoms with van der Waals surface area (Å²) in [5, 5.41) is 28.8. The van der Waals surface area contributed by atoms with Crippen molar-refractivity contribution in [2.45, 2.75) is 31.5 Å². The minimum atomic E-state index is -2.10. The summed E-state index contributed by atoms with van der Waals surface area (Å²) in [6, 6.07) is 14.0. The minimum Gasteiger partial charge on any atom is -0.478 e. The molecule has 1 unspecified atom stereocenters. The van der Waals surface area contributed by atoms with Gasteiger partial charge in [-0.2, -0.15) is 5.10 Å². The molecular formula is C25H29N7O5. The van der Waals surface area contributed by atoms with Crippen molar-refractivity contribution < 1.29 is 24.2 Å². The van der Waals surface area contributed by atoms with Gasteiger partial charge in [0.2, 0.25) is 5.66 Å². The second-order valence-electron chi connectivity index (χ2n) is 8.53. The Morgan fingerprint density at radius 2 is 1.89 bits per heavy atom. The van der Waals surface area contributed by atoms with E-state index in [1.165, 1.54) is 0 Å². The summed E-state index contributed by atoms with van der Waals surface area (Å²) in [7, 11) is 0. The first-order valence-electron chi connectivity index (χ1n) is 12.0. The monoisotopic (exact) mass is 507 g/mol. The molecule has 6 N–H and O–H groups in total. The van der Waals surface area contributed by atoms with Crippen molar-refractivity contribution in [2.75, 3.05) is 19.6 Å². The van der Waals surface area contributed by atoms with E-state index in [4.69, 9.17) is 4.74 Å². The molecule has 0 fully saturated rings. The SMILES string of the molecule is O=C(NC(CCCCNC1=NCCN1)(NC(=O)c1cccc2cn[nH]c12)C(=O)O)OCc1ccccc1. The summed E-state index contributed by atoms with van der Waals surface area (Å²) in [5.74, 6) is -1.39. The number of rotatable bonds is 11. The summed E-state index contributed by atoms with van der Waals surface area (Å²) in [6.45, 7) is 1.97. The van der Waals surface area contributed by atoms with E-state index in [0.29, 0.717) is 42.8 Å². The Bertz CT molecular complexity index is 1280. The van der Waals surface area contributed by atoms with Crippen LogP contribution in [-0.2, 0) is 16.1 Å². The number of aromatic nitrogens is 2. The zero-order valence-corrected chi connectivity index (χ0v) is 20.1. The second-order valence-corrected chi connectivity index (χ2v) is 8.53. The highest BCUT2D eigenvalue weighted by molar-refractivity contribution is 6.07. The van der Waals surface area contributed by atoms with Gasteiger partial charge in [-0.15, -0.1) is 0 Å². The zero-order chi connectivity index (χ0) is 26.1. The number of benzene rings is 2. The van der Waals surface area contributed by atoms with E-state index in [1.54, 1.807) is 48.7 Å². The van der Waals surface area contributed by atoms with Crippen molar-refractivity contribution in [3.63, 3.8) is 0 Å². The average Bonchev–Trinajstić information content (AvgIpc) is 3.59. The largest absolute Gasteiger partial charge is 0.478 e. The maximum atomic E-state index is 13.2. The van der Waals surface area contributed by atoms with Crippen LogP contribution in [0.3, 0.4) is 0 Å². The predicted molar refractivity (Wildman–Crippen MR) is 136 cm³/mol. The number of carboxylic acid groups (broad SMARTS) is 1. The summed E-state index contributed by atoms with van der Waals surface area (Å²) >= 11 is 0. The Kier molecular flexibility index (Phi) is 8.18.